The van der Waals surface area contributed by atoms with Gasteiger partial charge in [-0.2, -0.15) is 0 Å². The molecule has 0 aromatic heterocycles. The van der Waals surface area contributed by atoms with E-state index in [1.807, 2.05) is 21.2 Å². The van der Waals surface area contributed by atoms with Gasteiger partial charge in [0.2, 0.25) is 0 Å². The van der Waals surface area contributed by atoms with Gasteiger partial charge in [-0.05, 0) is 0 Å². The summed E-state index contributed by atoms with van der Waals surface area (Å²) in [5.41, 5.74) is 5.07. The van der Waals surface area contributed by atoms with Crippen molar-refractivity contribution in [2.24, 2.45) is 5.73 Å². The van der Waals surface area contributed by atoms with Crippen LogP contribution in [0.1, 0.15) is 0 Å². The Kier molecular flexibility index (Phi) is 7.00. The summed E-state index contributed by atoms with van der Waals surface area (Å²) >= 11 is 2.05. The normalized spacial score (nSPS) is 9.00. The van der Waals surface area contributed by atoms with E-state index in [-0.39, 0.29) is 0 Å². The fourth-order valence-electron chi connectivity index (χ4n) is 0.0796. The average molecular weight is 219 g/mol. The van der Waals surface area contributed by atoms with Crippen LogP contribution >= 0.6 is 30.4 Å². The van der Waals surface area contributed by atoms with Crippen LogP contribution in [0, 0.1) is 0 Å². The highest BCUT2D eigenvalue weighted by Gasteiger charge is 1.75. The summed E-state index contributed by atoms with van der Waals surface area (Å²) in [5.74, 6) is 0. The third kappa shape index (κ3) is 5.00. The Morgan fingerprint density at radius 1 is 1.83 bits per heavy atom. The van der Waals surface area contributed by atoms with Crippen molar-refractivity contribution in [3.8, 4) is 0 Å². The lowest BCUT2D eigenvalue weighted by Crippen LogP contribution is -2.03. The number of rotatable bonds is 3. The van der Waals surface area contributed by atoms with Gasteiger partial charge in [0.05, 0.1) is 15.8 Å². The van der Waals surface area contributed by atoms with Crippen molar-refractivity contribution >= 4 is 30.4 Å². The standard InChI is InChI=1S/C2H6INOS/c3-6-5-2-1-4/h1-2,4H2. The maximum absolute atomic E-state index is 5.07. The molecule has 0 bridgehead atoms. The predicted octanol–water partition coefficient (Wildman–Crippen LogP) is 0.960. The first kappa shape index (κ1) is 7.00. The Balaban J connectivity index is 2.34. The van der Waals surface area contributed by atoms with Crippen LogP contribution in [-0.4, -0.2) is 13.2 Å². The second-order valence-electron chi connectivity index (χ2n) is 0.674. The zero-order valence-corrected chi connectivity index (χ0v) is 6.16. The third-order valence-corrected chi connectivity index (χ3v) is 1.26. The summed E-state index contributed by atoms with van der Waals surface area (Å²) in [4.78, 5) is 0. The molecule has 0 heterocycles. The predicted molar refractivity (Wildman–Crippen MR) is 36.6 cm³/mol. The summed E-state index contributed by atoms with van der Waals surface area (Å²) in [6.07, 6.45) is 0. The van der Waals surface area contributed by atoms with Crippen molar-refractivity contribution < 1.29 is 4.18 Å². The molecule has 0 aliphatic rings. The minimum absolute atomic E-state index is 0.607. The van der Waals surface area contributed by atoms with Crippen molar-refractivity contribution in [2.45, 2.75) is 0 Å². The minimum Gasteiger partial charge on any atom is -0.328 e. The van der Waals surface area contributed by atoms with E-state index in [1.54, 1.807) is 0 Å². The van der Waals surface area contributed by atoms with Crippen molar-refractivity contribution in [3.05, 3.63) is 0 Å². The number of hydrogen-bond acceptors (Lipinski definition) is 3. The molecule has 4 heteroatoms. The first-order valence-electron chi connectivity index (χ1n) is 1.52. The molecule has 0 aromatic rings. The molecule has 2 nitrogen and oxygen atoms in total. The van der Waals surface area contributed by atoms with Gasteiger partial charge in [-0.1, -0.05) is 0 Å². The van der Waals surface area contributed by atoms with Crippen molar-refractivity contribution in [3.63, 3.8) is 0 Å². The second kappa shape index (κ2) is 6.00. The molecule has 0 spiro atoms. The molecule has 0 saturated carbocycles. The number of nitrogens with two attached hydrogens (primary N) is 1. The fraction of sp³-hybridized carbons (Fsp3) is 1.00. The molecule has 0 saturated heterocycles. The SMILES string of the molecule is NCCOSI. The van der Waals surface area contributed by atoms with Gasteiger partial charge in [-0.15, -0.1) is 0 Å². The first-order chi connectivity index (χ1) is 2.91. The molecule has 0 unspecified atom stereocenters. The van der Waals surface area contributed by atoms with Gasteiger partial charge in [0.1, 0.15) is 0 Å². The lowest BCUT2D eigenvalue weighted by Gasteiger charge is -1.88. The molecule has 0 aliphatic heterocycles. The average Bonchev–Trinajstić information content (AvgIpc) is 1.61. The minimum atomic E-state index is 0.607. The Morgan fingerprint density at radius 2 is 2.50 bits per heavy atom. The molecule has 0 rings (SSSR count). The molecular formula is C2H6INOS. The Bertz CT molecular complexity index is 25.5. The lowest BCUT2D eigenvalue weighted by atomic mass is 10.8. The Morgan fingerprint density at radius 3 is 2.67 bits per heavy atom. The van der Waals surface area contributed by atoms with E-state index in [9.17, 15) is 0 Å². The molecule has 0 radical (unpaired) electrons. The quantitative estimate of drug-likeness (QED) is 0.436. The van der Waals surface area contributed by atoms with Crippen LogP contribution in [0.5, 0.6) is 0 Å². The topological polar surface area (TPSA) is 35.2 Å². The summed E-state index contributed by atoms with van der Waals surface area (Å²) < 4.78 is 4.76. The second-order valence-corrected chi connectivity index (χ2v) is 2.11. The molecule has 0 atom stereocenters. The maximum Gasteiger partial charge on any atom is 0.0745 e. The van der Waals surface area contributed by atoms with Crippen LogP contribution < -0.4 is 5.73 Å². The zero-order valence-electron chi connectivity index (χ0n) is 3.19. The number of hydrogen-bond donors (Lipinski definition) is 1. The van der Waals surface area contributed by atoms with Gasteiger partial charge in [-0.25, -0.2) is 0 Å². The lowest BCUT2D eigenvalue weighted by molar-refractivity contribution is 0.393. The van der Waals surface area contributed by atoms with Gasteiger partial charge in [0.15, 0.2) is 0 Å². The van der Waals surface area contributed by atoms with Crippen molar-refractivity contribution in [1.29, 1.82) is 0 Å². The van der Waals surface area contributed by atoms with E-state index in [2.05, 4.69) is 0 Å². The van der Waals surface area contributed by atoms with E-state index in [0.717, 1.165) is 0 Å². The van der Waals surface area contributed by atoms with Gasteiger partial charge in [0, 0.05) is 27.8 Å². The summed E-state index contributed by atoms with van der Waals surface area (Å²) in [5, 5.41) is 0. The molecule has 0 aromatic carbocycles. The first-order valence-corrected chi connectivity index (χ1v) is 4.80. The van der Waals surface area contributed by atoms with E-state index >= 15 is 0 Å². The molecule has 0 fully saturated rings. The summed E-state index contributed by atoms with van der Waals surface area (Å²) in [7, 11) is 1.32. The maximum atomic E-state index is 5.07. The van der Waals surface area contributed by atoms with Crippen LogP contribution in [0.25, 0.3) is 0 Å². The smallest absolute Gasteiger partial charge is 0.0745 e. The molecule has 38 valence electrons. The van der Waals surface area contributed by atoms with E-state index < -0.39 is 0 Å². The third-order valence-electron chi connectivity index (χ3n) is 0.246. The highest BCUT2D eigenvalue weighted by atomic mass is 127. The molecule has 2 N–H and O–H groups in total. The highest BCUT2D eigenvalue weighted by molar-refractivity contribution is 14.2. The van der Waals surface area contributed by atoms with Crippen LogP contribution in [0.4, 0.5) is 0 Å². The van der Waals surface area contributed by atoms with E-state index in [4.69, 9.17) is 9.92 Å². The molecule has 0 aliphatic carbocycles. The van der Waals surface area contributed by atoms with Crippen molar-refractivity contribution in [2.75, 3.05) is 13.2 Å². The summed E-state index contributed by atoms with van der Waals surface area (Å²) in [6, 6.07) is 0. The number of halogens is 1. The molecule has 6 heavy (non-hydrogen) atoms. The Labute approximate surface area is 53.6 Å². The zero-order chi connectivity index (χ0) is 4.83. The van der Waals surface area contributed by atoms with Gasteiger partial charge in [0.25, 0.3) is 0 Å². The molecular weight excluding hydrogens is 213 g/mol. The van der Waals surface area contributed by atoms with Gasteiger partial charge < -0.3 is 9.92 Å². The van der Waals surface area contributed by atoms with Gasteiger partial charge in [-0.3, -0.25) is 0 Å². The Hall–Kier alpha value is 1.00. The highest BCUT2D eigenvalue weighted by Crippen LogP contribution is 2.10. The van der Waals surface area contributed by atoms with Gasteiger partial charge >= 0.3 is 0 Å². The van der Waals surface area contributed by atoms with E-state index in [1.165, 1.54) is 9.21 Å². The molecule has 0 amide bonds. The largest absolute Gasteiger partial charge is 0.328 e. The van der Waals surface area contributed by atoms with Crippen LogP contribution in [0.15, 0.2) is 0 Å². The monoisotopic (exact) mass is 219 g/mol. The fourth-order valence-corrected chi connectivity index (χ4v) is 0.778. The van der Waals surface area contributed by atoms with Crippen LogP contribution in [-0.2, 0) is 4.18 Å². The summed E-state index contributed by atoms with van der Waals surface area (Å²) in [6.45, 7) is 1.25. The van der Waals surface area contributed by atoms with Crippen LogP contribution in [0.3, 0.4) is 0 Å². The van der Waals surface area contributed by atoms with Crippen LogP contribution in [0.2, 0.25) is 0 Å². The van der Waals surface area contributed by atoms with Crippen molar-refractivity contribution in [1.82, 2.24) is 0 Å². The van der Waals surface area contributed by atoms with E-state index in [0.29, 0.717) is 13.2 Å².